The van der Waals surface area contributed by atoms with Gasteiger partial charge in [-0.15, -0.1) is 0 Å². The molecule has 1 heterocycles. The number of furan rings is 1. The van der Waals surface area contributed by atoms with Crippen LogP contribution in [0.5, 0.6) is 0 Å². The lowest BCUT2D eigenvalue weighted by molar-refractivity contribution is 0.0946. The number of amides is 2. The molecule has 5 nitrogen and oxygen atoms in total. The van der Waals surface area contributed by atoms with Crippen LogP contribution in [0.25, 0.3) is 0 Å². The number of halogens is 1. The summed E-state index contributed by atoms with van der Waals surface area (Å²) in [4.78, 5) is 24.5. The zero-order valence-corrected chi connectivity index (χ0v) is 14.7. The first-order valence-corrected chi connectivity index (χ1v) is 8.39. The summed E-state index contributed by atoms with van der Waals surface area (Å²) in [6, 6.07) is 17.4. The van der Waals surface area contributed by atoms with Crippen molar-refractivity contribution in [3.8, 4) is 0 Å². The highest BCUT2D eigenvalue weighted by Crippen LogP contribution is 2.15. The molecule has 2 aromatic carbocycles. The van der Waals surface area contributed by atoms with E-state index in [1.807, 2.05) is 6.07 Å². The van der Waals surface area contributed by atoms with Crippen molar-refractivity contribution in [2.24, 2.45) is 0 Å². The molecule has 25 heavy (non-hydrogen) atoms. The first-order chi connectivity index (χ1) is 12.1. The first kappa shape index (κ1) is 17.0. The van der Waals surface area contributed by atoms with Gasteiger partial charge in [-0.2, -0.15) is 0 Å². The van der Waals surface area contributed by atoms with Crippen molar-refractivity contribution in [1.29, 1.82) is 0 Å². The molecule has 0 unspecified atom stereocenters. The van der Waals surface area contributed by atoms with E-state index in [0.717, 1.165) is 4.47 Å². The lowest BCUT2D eigenvalue weighted by atomic mass is 10.1. The Morgan fingerprint density at radius 1 is 0.920 bits per heavy atom. The Morgan fingerprint density at radius 2 is 1.68 bits per heavy atom. The molecule has 0 radical (unpaired) electrons. The zero-order valence-electron chi connectivity index (χ0n) is 13.2. The van der Waals surface area contributed by atoms with Crippen molar-refractivity contribution in [2.45, 2.75) is 6.54 Å². The van der Waals surface area contributed by atoms with Crippen molar-refractivity contribution >= 4 is 33.4 Å². The van der Waals surface area contributed by atoms with Gasteiger partial charge in [0.15, 0.2) is 0 Å². The second kappa shape index (κ2) is 7.81. The van der Waals surface area contributed by atoms with Crippen LogP contribution in [0, 0.1) is 0 Å². The van der Waals surface area contributed by atoms with E-state index < -0.39 is 0 Å². The van der Waals surface area contributed by atoms with Crippen LogP contribution in [0.15, 0.2) is 75.8 Å². The average molecular weight is 399 g/mol. The summed E-state index contributed by atoms with van der Waals surface area (Å²) in [7, 11) is 0. The molecule has 0 saturated heterocycles. The largest absolute Gasteiger partial charge is 0.467 e. The van der Waals surface area contributed by atoms with Gasteiger partial charge in [0.2, 0.25) is 0 Å². The van der Waals surface area contributed by atoms with Crippen LogP contribution in [0.1, 0.15) is 26.5 Å². The quantitative estimate of drug-likeness (QED) is 0.675. The van der Waals surface area contributed by atoms with Crippen LogP contribution in [-0.2, 0) is 6.54 Å². The number of hydrogen-bond acceptors (Lipinski definition) is 3. The number of carbonyl (C=O) groups is 2. The molecule has 0 fully saturated rings. The van der Waals surface area contributed by atoms with Crippen LogP contribution in [0.3, 0.4) is 0 Å². The van der Waals surface area contributed by atoms with Gasteiger partial charge in [0.1, 0.15) is 5.76 Å². The average Bonchev–Trinajstić information content (AvgIpc) is 3.13. The minimum atomic E-state index is -0.241. The lowest BCUT2D eigenvalue weighted by Gasteiger charge is -2.08. The summed E-state index contributed by atoms with van der Waals surface area (Å²) in [5, 5.41) is 5.56. The minimum absolute atomic E-state index is 0.241. The van der Waals surface area contributed by atoms with Crippen molar-refractivity contribution in [2.75, 3.05) is 5.32 Å². The maximum Gasteiger partial charge on any atom is 0.255 e. The monoisotopic (exact) mass is 398 g/mol. The van der Waals surface area contributed by atoms with Crippen LogP contribution in [-0.4, -0.2) is 11.8 Å². The van der Waals surface area contributed by atoms with Gasteiger partial charge >= 0.3 is 0 Å². The van der Waals surface area contributed by atoms with Crippen LogP contribution < -0.4 is 10.6 Å². The van der Waals surface area contributed by atoms with Gasteiger partial charge in [0.05, 0.1) is 12.8 Å². The van der Waals surface area contributed by atoms with E-state index in [2.05, 4.69) is 26.6 Å². The number of anilines is 1. The molecule has 3 rings (SSSR count). The SMILES string of the molecule is O=C(NCc1ccco1)c1cccc(NC(=O)c2cccc(Br)c2)c1. The van der Waals surface area contributed by atoms with Gasteiger partial charge < -0.3 is 15.1 Å². The second-order valence-electron chi connectivity index (χ2n) is 5.31. The standard InChI is InChI=1S/C19H15BrN2O3/c20-15-6-1-4-13(10-15)19(24)22-16-7-2-5-14(11-16)18(23)21-12-17-8-3-9-25-17/h1-11H,12H2,(H,21,23)(H,22,24). The fourth-order valence-electron chi connectivity index (χ4n) is 2.25. The molecule has 0 aliphatic rings. The molecular formula is C19H15BrN2O3. The highest BCUT2D eigenvalue weighted by atomic mass is 79.9. The predicted molar refractivity (Wildman–Crippen MR) is 98.4 cm³/mol. The van der Waals surface area contributed by atoms with Gasteiger partial charge in [-0.3, -0.25) is 9.59 Å². The molecule has 2 amide bonds. The van der Waals surface area contributed by atoms with Gasteiger partial charge in [-0.05, 0) is 48.5 Å². The minimum Gasteiger partial charge on any atom is -0.467 e. The topological polar surface area (TPSA) is 71.3 Å². The maximum absolute atomic E-state index is 12.3. The molecule has 0 saturated carbocycles. The number of nitrogens with one attached hydrogen (secondary N) is 2. The summed E-state index contributed by atoms with van der Waals surface area (Å²) in [5.74, 6) is 0.192. The van der Waals surface area contributed by atoms with Gasteiger partial charge in [0.25, 0.3) is 11.8 Å². The van der Waals surface area contributed by atoms with E-state index in [1.165, 1.54) is 0 Å². The van der Waals surface area contributed by atoms with Crippen LogP contribution in [0.2, 0.25) is 0 Å². The highest BCUT2D eigenvalue weighted by Gasteiger charge is 2.10. The normalized spacial score (nSPS) is 10.3. The van der Waals surface area contributed by atoms with Gasteiger partial charge in [-0.1, -0.05) is 28.1 Å². The van der Waals surface area contributed by atoms with Crippen molar-refractivity contribution in [3.63, 3.8) is 0 Å². The Bertz CT molecular complexity index is 891. The number of benzene rings is 2. The number of hydrogen-bond donors (Lipinski definition) is 2. The van der Waals surface area contributed by atoms with Crippen molar-refractivity contribution in [3.05, 3.63) is 88.3 Å². The van der Waals surface area contributed by atoms with Crippen molar-refractivity contribution < 1.29 is 14.0 Å². The molecule has 0 atom stereocenters. The Labute approximate surface area is 153 Å². The fourth-order valence-corrected chi connectivity index (χ4v) is 2.65. The fraction of sp³-hybridized carbons (Fsp3) is 0.0526. The van der Waals surface area contributed by atoms with E-state index in [1.54, 1.807) is 60.9 Å². The van der Waals surface area contributed by atoms with Gasteiger partial charge in [0, 0.05) is 21.3 Å². The van der Waals surface area contributed by atoms with Gasteiger partial charge in [-0.25, -0.2) is 0 Å². The summed E-state index contributed by atoms with van der Waals surface area (Å²) >= 11 is 3.34. The number of rotatable bonds is 5. The molecule has 126 valence electrons. The number of carbonyl (C=O) groups excluding carboxylic acids is 2. The third-order valence-corrected chi connectivity index (χ3v) is 3.97. The smallest absolute Gasteiger partial charge is 0.255 e. The van der Waals surface area contributed by atoms with Crippen LogP contribution >= 0.6 is 15.9 Å². The Morgan fingerprint density at radius 3 is 2.40 bits per heavy atom. The van der Waals surface area contributed by atoms with Crippen molar-refractivity contribution in [1.82, 2.24) is 5.32 Å². The van der Waals surface area contributed by atoms with Crippen LogP contribution in [0.4, 0.5) is 5.69 Å². The lowest BCUT2D eigenvalue weighted by Crippen LogP contribution is -2.22. The molecule has 0 spiro atoms. The molecule has 0 aliphatic heterocycles. The summed E-state index contributed by atoms with van der Waals surface area (Å²) in [6.45, 7) is 0.306. The third-order valence-electron chi connectivity index (χ3n) is 3.47. The Hall–Kier alpha value is -2.86. The molecule has 1 aromatic heterocycles. The first-order valence-electron chi connectivity index (χ1n) is 7.59. The van der Waals surface area contributed by atoms with E-state index in [0.29, 0.717) is 29.1 Å². The third kappa shape index (κ3) is 4.58. The second-order valence-corrected chi connectivity index (χ2v) is 6.22. The van der Waals surface area contributed by atoms with E-state index in [9.17, 15) is 9.59 Å². The van der Waals surface area contributed by atoms with E-state index in [-0.39, 0.29) is 11.8 Å². The zero-order chi connectivity index (χ0) is 17.6. The highest BCUT2D eigenvalue weighted by molar-refractivity contribution is 9.10. The van der Waals surface area contributed by atoms with E-state index in [4.69, 9.17) is 4.42 Å². The molecule has 0 bridgehead atoms. The molecule has 6 heteroatoms. The molecule has 0 aliphatic carbocycles. The summed E-state index contributed by atoms with van der Waals surface area (Å²) in [5.41, 5.74) is 1.54. The predicted octanol–water partition coefficient (Wildman–Crippen LogP) is 4.22. The summed E-state index contributed by atoms with van der Waals surface area (Å²) in [6.07, 6.45) is 1.56. The summed E-state index contributed by atoms with van der Waals surface area (Å²) < 4.78 is 6.00. The van der Waals surface area contributed by atoms with E-state index >= 15 is 0 Å². The maximum atomic E-state index is 12.3. The molecule has 3 aromatic rings. The molecular weight excluding hydrogens is 384 g/mol. The Kier molecular flexibility index (Phi) is 5.30. The molecule has 2 N–H and O–H groups in total. The Balaban J connectivity index is 1.66.